The van der Waals surface area contributed by atoms with E-state index in [1.165, 1.54) is 5.57 Å². The van der Waals surface area contributed by atoms with E-state index in [2.05, 4.69) is 39.8 Å². The molecule has 0 amide bonds. The summed E-state index contributed by atoms with van der Waals surface area (Å²) in [5.74, 6) is 1.64. The van der Waals surface area contributed by atoms with Crippen LogP contribution in [0.4, 0.5) is 0 Å². The van der Waals surface area contributed by atoms with Gasteiger partial charge in [0.15, 0.2) is 0 Å². The van der Waals surface area contributed by atoms with Crippen molar-refractivity contribution in [2.75, 3.05) is 7.11 Å². The number of hydrogen-bond donors (Lipinski definition) is 0. The van der Waals surface area contributed by atoms with E-state index < -0.39 is 0 Å². The van der Waals surface area contributed by atoms with Crippen molar-refractivity contribution in [1.29, 1.82) is 0 Å². The molecular weight excluding hydrogens is 160 g/mol. The highest BCUT2D eigenvalue weighted by Gasteiger charge is 2.23. The molecule has 1 aliphatic carbocycles. The summed E-state index contributed by atoms with van der Waals surface area (Å²) in [4.78, 5) is 0. The fourth-order valence-corrected chi connectivity index (χ4v) is 1.67. The molecule has 1 heteroatoms. The summed E-state index contributed by atoms with van der Waals surface area (Å²) < 4.78 is 5.28. The summed E-state index contributed by atoms with van der Waals surface area (Å²) in [6, 6.07) is 0. The summed E-state index contributed by atoms with van der Waals surface area (Å²) in [5, 5.41) is 0. The minimum Gasteiger partial charge on any atom is -0.501 e. The lowest BCUT2D eigenvalue weighted by molar-refractivity contribution is 0.240. The van der Waals surface area contributed by atoms with Crippen molar-refractivity contribution in [2.45, 2.75) is 34.1 Å². The predicted octanol–water partition coefficient (Wildman–Crippen LogP) is 3.53. The lowest BCUT2D eigenvalue weighted by atomic mass is 9.78. The van der Waals surface area contributed by atoms with Crippen LogP contribution >= 0.6 is 0 Å². The second kappa shape index (κ2) is 3.57. The van der Waals surface area contributed by atoms with Gasteiger partial charge in [0, 0.05) is 5.92 Å². The highest BCUT2D eigenvalue weighted by atomic mass is 16.5. The minimum atomic E-state index is 0.296. The van der Waals surface area contributed by atoms with E-state index >= 15 is 0 Å². The van der Waals surface area contributed by atoms with E-state index in [9.17, 15) is 0 Å². The molecule has 0 saturated heterocycles. The van der Waals surface area contributed by atoms with Gasteiger partial charge in [0.05, 0.1) is 12.9 Å². The molecule has 0 aromatic rings. The van der Waals surface area contributed by atoms with E-state index in [-0.39, 0.29) is 0 Å². The molecule has 0 heterocycles. The molecule has 1 rings (SSSR count). The van der Waals surface area contributed by atoms with Gasteiger partial charge in [-0.3, -0.25) is 0 Å². The van der Waals surface area contributed by atoms with Crippen LogP contribution < -0.4 is 0 Å². The van der Waals surface area contributed by atoms with Gasteiger partial charge in [-0.1, -0.05) is 39.3 Å². The Morgan fingerprint density at radius 2 is 1.92 bits per heavy atom. The smallest absolute Gasteiger partial charge is 0.0986 e. The molecule has 0 aromatic carbocycles. The van der Waals surface area contributed by atoms with Crippen LogP contribution in [0.1, 0.15) is 34.1 Å². The third-order valence-electron chi connectivity index (χ3n) is 2.66. The Morgan fingerprint density at radius 3 is 2.31 bits per heavy atom. The zero-order valence-corrected chi connectivity index (χ0v) is 9.35. The molecule has 0 aromatic heterocycles. The van der Waals surface area contributed by atoms with Crippen LogP contribution in [0.25, 0.3) is 0 Å². The van der Waals surface area contributed by atoms with Gasteiger partial charge in [-0.15, -0.1) is 0 Å². The average Bonchev–Trinajstić information content (AvgIpc) is 2.02. The number of methoxy groups -OCH3 is 1. The van der Waals surface area contributed by atoms with Crippen molar-refractivity contribution < 1.29 is 4.74 Å². The first-order valence-corrected chi connectivity index (χ1v) is 4.90. The van der Waals surface area contributed by atoms with Crippen LogP contribution in [0, 0.1) is 11.3 Å². The van der Waals surface area contributed by atoms with Crippen molar-refractivity contribution in [3.63, 3.8) is 0 Å². The minimum absolute atomic E-state index is 0.296. The number of allylic oxidation sites excluding steroid dienone is 4. The zero-order valence-electron chi connectivity index (χ0n) is 9.35. The van der Waals surface area contributed by atoms with Crippen molar-refractivity contribution in [3.05, 3.63) is 23.5 Å². The van der Waals surface area contributed by atoms with Gasteiger partial charge in [-0.25, -0.2) is 0 Å². The first kappa shape index (κ1) is 10.4. The zero-order chi connectivity index (χ0) is 10.1. The molecule has 0 bridgehead atoms. The van der Waals surface area contributed by atoms with Crippen LogP contribution in [-0.2, 0) is 4.74 Å². The summed E-state index contributed by atoms with van der Waals surface area (Å²) in [7, 11) is 1.75. The van der Waals surface area contributed by atoms with E-state index in [0.717, 1.165) is 12.2 Å². The molecule has 0 N–H and O–H groups in total. The molecule has 1 unspecified atom stereocenters. The lowest BCUT2D eigenvalue weighted by Crippen LogP contribution is -2.16. The van der Waals surface area contributed by atoms with Gasteiger partial charge in [0.25, 0.3) is 0 Å². The Bertz CT molecular complexity index is 240. The third kappa shape index (κ3) is 2.36. The first-order chi connectivity index (χ1) is 5.95. The van der Waals surface area contributed by atoms with E-state index in [4.69, 9.17) is 4.74 Å². The number of hydrogen-bond acceptors (Lipinski definition) is 1. The normalized spacial score (nSPS) is 23.6. The van der Waals surface area contributed by atoms with Gasteiger partial charge in [0.1, 0.15) is 0 Å². The maximum absolute atomic E-state index is 5.28. The summed E-state index contributed by atoms with van der Waals surface area (Å²) in [6.07, 6.45) is 5.44. The summed E-state index contributed by atoms with van der Waals surface area (Å²) in [6.45, 7) is 9.00. The summed E-state index contributed by atoms with van der Waals surface area (Å²) in [5.41, 5.74) is 1.81. The molecular formula is C12H20O. The van der Waals surface area contributed by atoms with Gasteiger partial charge < -0.3 is 4.74 Å². The van der Waals surface area contributed by atoms with Gasteiger partial charge >= 0.3 is 0 Å². The topological polar surface area (TPSA) is 9.23 Å². The predicted molar refractivity (Wildman–Crippen MR) is 56.4 cm³/mol. The monoisotopic (exact) mass is 180 g/mol. The Hall–Kier alpha value is -0.720. The summed E-state index contributed by atoms with van der Waals surface area (Å²) >= 11 is 0. The van der Waals surface area contributed by atoms with E-state index in [0.29, 0.717) is 11.3 Å². The highest BCUT2D eigenvalue weighted by Crippen LogP contribution is 2.35. The Morgan fingerprint density at radius 1 is 1.31 bits per heavy atom. The fraction of sp³-hybridized carbons (Fsp3) is 0.667. The van der Waals surface area contributed by atoms with Crippen LogP contribution in [0.3, 0.4) is 0 Å². The Balaban J connectivity index is 2.84. The Kier molecular flexibility index (Phi) is 2.84. The molecule has 0 saturated carbocycles. The molecule has 13 heavy (non-hydrogen) atoms. The van der Waals surface area contributed by atoms with Crippen molar-refractivity contribution in [1.82, 2.24) is 0 Å². The second-order valence-corrected chi connectivity index (χ2v) is 4.82. The van der Waals surface area contributed by atoms with Crippen molar-refractivity contribution in [2.24, 2.45) is 11.3 Å². The molecule has 74 valence electrons. The van der Waals surface area contributed by atoms with Crippen molar-refractivity contribution in [3.8, 4) is 0 Å². The SMILES string of the molecule is COC1=CC=C(C(C)(C)C)CC1C. The van der Waals surface area contributed by atoms with Crippen LogP contribution in [0.5, 0.6) is 0 Å². The number of ether oxygens (including phenoxy) is 1. The molecule has 0 aliphatic heterocycles. The molecule has 1 atom stereocenters. The Labute approximate surface area is 81.5 Å². The molecule has 0 fully saturated rings. The van der Waals surface area contributed by atoms with Gasteiger partial charge in [-0.2, -0.15) is 0 Å². The largest absolute Gasteiger partial charge is 0.501 e. The van der Waals surface area contributed by atoms with Gasteiger partial charge in [0.2, 0.25) is 0 Å². The molecule has 1 aliphatic rings. The van der Waals surface area contributed by atoms with Crippen LogP contribution in [-0.4, -0.2) is 7.11 Å². The lowest BCUT2D eigenvalue weighted by Gasteiger charge is -2.29. The van der Waals surface area contributed by atoms with Gasteiger partial charge in [-0.05, 0) is 17.9 Å². The maximum Gasteiger partial charge on any atom is 0.0986 e. The first-order valence-electron chi connectivity index (χ1n) is 4.90. The molecule has 0 spiro atoms. The quantitative estimate of drug-likeness (QED) is 0.600. The third-order valence-corrected chi connectivity index (χ3v) is 2.66. The van der Waals surface area contributed by atoms with E-state index in [1.54, 1.807) is 7.11 Å². The van der Waals surface area contributed by atoms with Crippen molar-refractivity contribution >= 4 is 0 Å². The standard InChI is InChI=1S/C12H20O/c1-9-8-10(12(2,3)4)6-7-11(9)13-5/h6-7,9H,8H2,1-5H3. The van der Waals surface area contributed by atoms with Crippen LogP contribution in [0.15, 0.2) is 23.5 Å². The fourth-order valence-electron chi connectivity index (χ4n) is 1.67. The maximum atomic E-state index is 5.28. The van der Waals surface area contributed by atoms with E-state index in [1.807, 2.05) is 0 Å². The molecule has 1 nitrogen and oxygen atoms in total. The highest BCUT2D eigenvalue weighted by molar-refractivity contribution is 5.26. The van der Waals surface area contributed by atoms with Crippen LogP contribution in [0.2, 0.25) is 0 Å². The molecule has 0 radical (unpaired) electrons. The second-order valence-electron chi connectivity index (χ2n) is 4.82. The average molecular weight is 180 g/mol. The number of rotatable bonds is 1.